The third-order valence-electron chi connectivity index (χ3n) is 3.66. The number of carboxylic acids is 1. The SMILES string of the molecule is O=C(O)[C@@H]1CN(C(=O)Nc2cccc(SC(F)F)c2)C[C@H]1C(F)(F)F. The lowest BCUT2D eigenvalue weighted by molar-refractivity contribution is -0.187. The van der Waals surface area contributed by atoms with E-state index in [2.05, 4.69) is 5.32 Å². The Morgan fingerprint density at radius 2 is 1.96 bits per heavy atom. The van der Waals surface area contributed by atoms with Gasteiger partial charge in [0.25, 0.3) is 5.76 Å². The van der Waals surface area contributed by atoms with E-state index in [0.717, 1.165) is 4.90 Å². The molecule has 25 heavy (non-hydrogen) atoms. The van der Waals surface area contributed by atoms with Gasteiger partial charge in [0.2, 0.25) is 0 Å². The van der Waals surface area contributed by atoms with E-state index in [9.17, 15) is 31.5 Å². The summed E-state index contributed by atoms with van der Waals surface area (Å²) >= 11 is 0.255. The van der Waals surface area contributed by atoms with Crippen molar-refractivity contribution in [3.63, 3.8) is 0 Å². The summed E-state index contributed by atoms with van der Waals surface area (Å²) in [6, 6.07) is 4.52. The molecule has 5 nitrogen and oxygen atoms in total. The van der Waals surface area contributed by atoms with E-state index in [1.165, 1.54) is 24.3 Å². The molecule has 138 valence electrons. The van der Waals surface area contributed by atoms with Crippen molar-refractivity contribution in [2.75, 3.05) is 18.4 Å². The lowest BCUT2D eigenvalue weighted by Gasteiger charge is -2.19. The zero-order chi connectivity index (χ0) is 18.8. The molecule has 1 aliphatic rings. The third kappa shape index (κ3) is 4.97. The molecule has 0 saturated carbocycles. The normalized spacial score (nSPS) is 20.8. The second kappa shape index (κ2) is 7.46. The monoisotopic (exact) mass is 384 g/mol. The van der Waals surface area contributed by atoms with Crippen LogP contribution in [0.5, 0.6) is 0 Å². The second-order valence-corrected chi connectivity index (χ2v) is 6.40. The van der Waals surface area contributed by atoms with Crippen molar-refractivity contribution in [2.24, 2.45) is 11.8 Å². The molecule has 1 heterocycles. The number of aliphatic carboxylic acids is 1. The largest absolute Gasteiger partial charge is 0.481 e. The van der Waals surface area contributed by atoms with Crippen molar-refractivity contribution in [3.8, 4) is 0 Å². The number of anilines is 1. The van der Waals surface area contributed by atoms with Crippen LogP contribution in [0.25, 0.3) is 0 Å². The minimum Gasteiger partial charge on any atom is -0.481 e. The fourth-order valence-electron chi connectivity index (χ4n) is 2.50. The van der Waals surface area contributed by atoms with Crippen LogP contribution in [0.4, 0.5) is 32.4 Å². The minimum absolute atomic E-state index is 0.123. The Hall–Kier alpha value is -2.04. The summed E-state index contributed by atoms with van der Waals surface area (Å²) in [4.78, 5) is 24.0. The van der Waals surface area contributed by atoms with Gasteiger partial charge in [0.05, 0.1) is 11.8 Å². The average Bonchev–Trinajstić information content (AvgIpc) is 2.92. The molecule has 1 aliphatic heterocycles. The van der Waals surface area contributed by atoms with Gasteiger partial charge in [-0.25, -0.2) is 4.79 Å². The maximum absolute atomic E-state index is 12.9. The first kappa shape index (κ1) is 19.3. The summed E-state index contributed by atoms with van der Waals surface area (Å²) in [5.41, 5.74) is 0.123. The van der Waals surface area contributed by atoms with Gasteiger partial charge in [0.15, 0.2) is 0 Å². The number of hydrogen-bond donors (Lipinski definition) is 2. The van der Waals surface area contributed by atoms with Gasteiger partial charge in [-0.2, -0.15) is 22.0 Å². The number of urea groups is 1. The van der Waals surface area contributed by atoms with Crippen molar-refractivity contribution in [1.82, 2.24) is 4.90 Å². The molecule has 11 heteroatoms. The van der Waals surface area contributed by atoms with Gasteiger partial charge < -0.3 is 15.3 Å². The number of hydrogen-bond acceptors (Lipinski definition) is 3. The third-order valence-corrected chi connectivity index (χ3v) is 4.36. The molecular formula is C14H13F5N2O3S. The Morgan fingerprint density at radius 3 is 2.48 bits per heavy atom. The number of carboxylic acid groups (broad SMARTS) is 1. The second-order valence-electron chi connectivity index (χ2n) is 5.33. The molecule has 0 unspecified atom stereocenters. The van der Waals surface area contributed by atoms with Crippen molar-refractivity contribution < 1.29 is 36.6 Å². The molecule has 0 bridgehead atoms. The van der Waals surface area contributed by atoms with Gasteiger partial charge in [-0.15, -0.1) is 0 Å². The van der Waals surface area contributed by atoms with Crippen molar-refractivity contribution >= 4 is 29.4 Å². The summed E-state index contributed by atoms with van der Waals surface area (Å²) in [5.74, 6) is -8.19. The summed E-state index contributed by atoms with van der Waals surface area (Å²) in [5, 5.41) is 11.2. The first-order valence-corrected chi connectivity index (χ1v) is 7.86. The first-order chi connectivity index (χ1) is 11.6. The van der Waals surface area contributed by atoms with Crippen LogP contribution in [0, 0.1) is 11.8 Å². The van der Waals surface area contributed by atoms with Crippen LogP contribution in [0.1, 0.15) is 0 Å². The summed E-state index contributed by atoms with van der Waals surface area (Å²) in [7, 11) is 0. The maximum atomic E-state index is 12.9. The number of thioether (sulfide) groups is 1. The van der Waals surface area contributed by atoms with Gasteiger partial charge >= 0.3 is 18.2 Å². The Labute approximate surface area is 143 Å². The molecule has 1 saturated heterocycles. The van der Waals surface area contributed by atoms with E-state index in [0.29, 0.717) is 0 Å². The van der Waals surface area contributed by atoms with Crippen molar-refractivity contribution in [2.45, 2.75) is 16.8 Å². The zero-order valence-electron chi connectivity index (χ0n) is 12.5. The van der Waals surface area contributed by atoms with Crippen LogP contribution in [0.2, 0.25) is 0 Å². The number of nitrogens with one attached hydrogen (secondary N) is 1. The smallest absolute Gasteiger partial charge is 0.394 e. The van der Waals surface area contributed by atoms with E-state index >= 15 is 0 Å². The molecule has 0 radical (unpaired) electrons. The first-order valence-electron chi connectivity index (χ1n) is 6.98. The fraction of sp³-hybridized carbons (Fsp3) is 0.429. The van der Waals surface area contributed by atoms with Crippen molar-refractivity contribution in [1.29, 1.82) is 0 Å². The number of likely N-dealkylation sites (tertiary alicyclic amines) is 1. The highest BCUT2D eigenvalue weighted by molar-refractivity contribution is 7.99. The van der Waals surface area contributed by atoms with E-state index < -0.39 is 48.9 Å². The molecule has 2 amide bonds. The highest BCUT2D eigenvalue weighted by atomic mass is 32.2. The number of carbonyl (C=O) groups is 2. The van der Waals surface area contributed by atoms with Gasteiger partial charge in [-0.05, 0) is 18.2 Å². The number of nitrogens with zero attached hydrogens (tertiary/aromatic N) is 1. The predicted molar refractivity (Wildman–Crippen MR) is 79.6 cm³/mol. The Morgan fingerprint density at radius 1 is 1.28 bits per heavy atom. The lowest BCUT2D eigenvalue weighted by atomic mass is 9.96. The van der Waals surface area contributed by atoms with Crippen LogP contribution in [-0.2, 0) is 4.79 Å². The standard InChI is InChI=1S/C14H13F5N2O3S/c15-12(16)25-8-3-1-2-7(4-8)20-13(24)21-5-9(11(22)23)10(6-21)14(17,18)19/h1-4,9-10,12H,5-6H2,(H,20,24)(H,22,23)/t9-,10-/m1/s1. The minimum atomic E-state index is -4.74. The van der Waals surface area contributed by atoms with Crippen LogP contribution >= 0.6 is 11.8 Å². The van der Waals surface area contributed by atoms with E-state index in [1.54, 1.807) is 0 Å². The van der Waals surface area contributed by atoms with Gasteiger partial charge in [0.1, 0.15) is 0 Å². The quantitative estimate of drug-likeness (QED) is 0.613. The van der Waals surface area contributed by atoms with E-state index in [4.69, 9.17) is 5.11 Å². The molecule has 2 rings (SSSR count). The summed E-state index contributed by atoms with van der Waals surface area (Å²) in [6.07, 6.45) is -4.74. The van der Waals surface area contributed by atoms with E-state index in [1.807, 2.05) is 0 Å². The average molecular weight is 384 g/mol. The Balaban J connectivity index is 2.07. The highest BCUT2D eigenvalue weighted by Crippen LogP contribution is 2.38. The fourth-order valence-corrected chi connectivity index (χ4v) is 3.06. The number of amides is 2. The number of alkyl halides is 5. The van der Waals surface area contributed by atoms with Gasteiger partial charge in [0, 0.05) is 23.7 Å². The maximum Gasteiger partial charge on any atom is 0.394 e. The Bertz CT molecular complexity index is 656. The Kier molecular flexibility index (Phi) is 5.76. The van der Waals surface area contributed by atoms with Crippen LogP contribution in [0.15, 0.2) is 29.2 Å². The molecule has 2 N–H and O–H groups in total. The number of halogens is 5. The molecule has 0 aromatic heterocycles. The molecule has 1 aromatic rings. The van der Waals surface area contributed by atoms with Gasteiger partial charge in [-0.1, -0.05) is 17.8 Å². The van der Waals surface area contributed by atoms with Gasteiger partial charge in [-0.3, -0.25) is 4.79 Å². The van der Waals surface area contributed by atoms with Crippen LogP contribution in [-0.4, -0.2) is 47.0 Å². The number of rotatable bonds is 4. The number of carbonyl (C=O) groups excluding carboxylic acids is 1. The topological polar surface area (TPSA) is 69.6 Å². The molecule has 1 aromatic carbocycles. The number of benzene rings is 1. The lowest BCUT2D eigenvalue weighted by Crippen LogP contribution is -2.35. The molecule has 2 atom stereocenters. The summed E-state index contributed by atoms with van der Waals surface area (Å²) in [6.45, 7) is -1.37. The van der Waals surface area contributed by atoms with Crippen LogP contribution < -0.4 is 5.32 Å². The van der Waals surface area contributed by atoms with Crippen molar-refractivity contribution in [3.05, 3.63) is 24.3 Å². The molecule has 1 fully saturated rings. The summed E-state index contributed by atoms with van der Waals surface area (Å²) < 4.78 is 63.4. The molecular weight excluding hydrogens is 371 g/mol. The predicted octanol–water partition coefficient (Wildman–Crippen LogP) is 3.73. The highest BCUT2D eigenvalue weighted by Gasteiger charge is 2.53. The van der Waals surface area contributed by atoms with Crippen LogP contribution in [0.3, 0.4) is 0 Å². The van der Waals surface area contributed by atoms with E-state index in [-0.39, 0.29) is 22.3 Å². The molecule has 0 spiro atoms. The zero-order valence-corrected chi connectivity index (χ0v) is 13.3. The molecule has 0 aliphatic carbocycles.